The first-order valence-electron chi connectivity index (χ1n) is 6.74. The van der Waals surface area contributed by atoms with Gasteiger partial charge in [0.25, 0.3) is 0 Å². The number of hydrogen-bond acceptors (Lipinski definition) is 7. The van der Waals surface area contributed by atoms with Gasteiger partial charge in [-0.3, -0.25) is 5.43 Å². The van der Waals surface area contributed by atoms with Crippen LogP contribution in [0.1, 0.15) is 33.6 Å². The Morgan fingerprint density at radius 2 is 1.84 bits per heavy atom. The quantitative estimate of drug-likeness (QED) is 0.611. The van der Waals surface area contributed by atoms with E-state index >= 15 is 0 Å². The van der Waals surface area contributed by atoms with Crippen molar-refractivity contribution in [3.8, 4) is 6.01 Å². The molecule has 1 aromatic heterocycles. The third kappa shape index (κ3) is 3.44. The fourth-order valence-electron chi connectivity index (χ4n) is 1.82. The standard InChI is InChI=1S/C12H22N6O/c1-8(2)9(3)19-12-15-10(17-13)14-11(16-12)18-6-4-5-7-18/h8-9H,4-7,13H2,1-3H3,(H,14,15,16,17). The number of nitrogens with zero attached hydrogens (tertiary/aromatic N) is 4. The van der Waals surface area contributed by atoms with Crippen molar-refractivity contribution in [3.63, 3.8) is 0 Å². The van der Waals surface area contributed by atoms with Crippen molar-refractivity contribution in [2.75, 3.05) is 23.4 Å². The molecule has 2 heterocycles. The molecule has 7 nitrogen and oxygen atoms in total. The highest BCUT2D eigenvalue weighted by atomic mass is 16.5. The fourth-order valence-corrected chi connectivity index (χ4v) is 1.82. The van der Waals surface area contributed by atoms with Crippen molar-refractivity contribution < 1.29 is 4.74 Å². The molecule has 3 N–H and O–H groups in total. The van der Waals surface area contributed by atoms with E-state index in [1.807, 2.05) is 6.92 Å². The van der Waals surface area contributed by atoms with Crippen molar-refractivity contribution in [1.82, 2.24) is 15.0 Å². The molecule has 1 fully saturated rings. The van der Waals surface area contributed by atoms with Crippen LogP contribution in [0.25, 0.3) is 0 Å². The predicted molar refractivity (Wildman–Crippen MR) is 74.0 cm³/mol. The van der Waals surface area contributed by atoms with Gasteiger partial charge in [0.2, 0.25) is 11.9 Å². The molecule has 1 aromatic rings. The van der Waals surface area contributed by atoms with E-state index in [9.17, 15) is 0 Å². The molecule has 19 heavy (non-hydrogen) atoms. The molecule has 0 aromatic carbocycles. The maximum absolute atomic E-state index is 5.73. The van der Waals surface area contributed by atoms with E-state index in [0.717, 1.165) is 25.9 Å². The van der Waals surface area contributed by atoms with Crippen LogP contribution in [0.4, 0.5) is 11.9 Å². The molecule has 7 heteroatoms. The van der Waals surface area contributed by atoms with Crippen molar-refractivity contribution in [2.45, 2.75) is 39.7 Å². The van der Waals surface area contributed by atoms with E-state index in [4.69, 9.17) is 10.6 Å². The average molecular weight is 266 g/mol. The van der Waals surface area contributed by atoms with Crippen LogP contribution in [0.5, 0.6) is 6.01 Å². The van der Waals surface area contributed by atoms with Crippen molar-refractivity contribution in [2.24, 2.45) is 11.8 Å². The van der Waals surface area contributed by atoms with Crippen LogP contribution in [-0.2, 0) is 0 Å². The van der Waals surface area contributed by atoms with Gasteiger partial charge in [-0.15, -0.1) is 0 Å². The zero-order chi connectivity index (χ0) is 13.8. The maximum atomic E-state index is 5.73. The molecule has 0 spiro atoms. The molecule has 1 aliphatic heterocycles. The summed E-state index contributed by atoms with van der Waals surface area (Å²) in [6.45, 7) is 8.12. The normalized spacial score (nSPS) is 16.8. The van der Waals surface area contributed by atoms with Gasteiger partial charge in [0.1, 0.15) is 6.10 Å². The minimum absolute atomic E-state index is 0.0412. The minimum Gasteiger partial charge on any atom is -0.460 e. The summed E-state index contributed by atoms with van der Waals surface area (Å²) in [5, 5.41) is 0. The molecule has 1 saturated heterocycles. The third-order valence-corrected chi connectivity index (χ3v) is 3.35. The van der Waals surface area contributed by atoms with Gasteiger partial charge in [0, 0.05) is 13.1 Å². The summed E-state index contributed by atoms with van der Waals surface area (Å²) < 4.78 is 5.73. The highest BCUT2D eigenvalue weighted by Crippen LogP contribution is 2.20. The van der Waals surface area contributed by atoms with Crippen molar-refractivity contribution >= 4 is 11.9 Å². The number of nitrogens with one attached hydrogen (secondary N) is 1. The van der Waals surface area contributed by atoms with Gasteiger partial charge in [0.05, 0.1) is 0 Å². The molecule has 0 radical (unpaired) electrons. The summed E-state index contributed by atoms with van der Waals surface area (Å²) in [6.07, 6.45) is 2.37. The Morgan fingerprint density at radius 1 is 1.16 bits per heavy atom. The lowest BCUT2D eigenvalue weighted by molar-refractivity contribution is 0.156. The topological polar surface area (TPSA) is 89.2 Å². The smallest absolute Gasteiger partial charge is 0.323 e. The molecular formula is C12H22N6O. The zero-order valence-electron chi connectivity index (χ0n) is 11.8. The predicted octanol–water partition coefficient (Wildman–Crippen LogP) is 1.18. The van der Waals surface area contributed by atoms with Crippen molar-refractivity contribution in [1.29, 1.82) is 0 Å². The summed E-state index contributed by atoms with van der Waals surface area (Å²) >= 11 is 0. The van der Waals surface area contributed by atoms with Gasteiger partial charge >= 0.3 is 6.01 Å². The first-order chi connectivity index (χ1) is 9.10. The lowest BCUT2D eigenvalue weighted by Gasteiger charge is -2.19. The highest BCUT2D eigenvalue weighted by molar-refractivity contribution is 5.38. The first-order valence-corrected chi connectivity index (χ1v) is 6.74. The number of nitrogen functional groups attached to an aromatic ring is 1. The number of nitrogens with two attached hydrogens (primary N) is 1. The van der Waals surface area contributed by atoms with Crippen LogP contribution < -0.4 is 20.9 Å². The molecule has 1 aliphatic rings. The molecular weight excluding hydrogens is 244 g/mol. The van der Waals surface area contributed by atoms with E-state index in [-0.39, 0.29) is 6.10 Å². The van der Waals surface area contributed by atoms with E-state index in [2.05, 4.69) is 39.1 Å². The maximum Gasteiger partial charge on any atom is 0.323 e. The summed E-state index contributed by atoms with van der Waals surface area (Å²) in [5.41, 5.74) is 2.46. The molecule has 0 aliphatic carbocycles. The zero-order valence-corrected chi connectivity index (χ0v) is 11.8. The van der Waals surface area contributed by atoms with Gasteiger partial charge in [-0.1, -0.05) is 13.8 Å². The highest BCUT2D eigenvalue weighted by Gasteiger charge is 2.19. The number of rotatable bonds is 5. The molecule has 1 unspecified atom stereocenters. The van der Waals surface area contributed by atoms with E-state index in [0.29, 0.717) is 23.8 Å². The molecule has 1 atom stereocenters. The number of hydrogen-bond donors (Lipinski definition) is 2. The van der Waals surface area contributed by atoms with E-state index in [1.165, 1.54) is 0 Å². The molecule has 0 saturated carbocycles. The molecule has 0 amide bonds. The monoisotopic (exact) mass is 266 g/mol. The van der Waals surface area contributed by atoms with Crippen LogP contribution in [-0.4, -0.2) is 34.1 Å². The second kappa shape index (κ2) is 6.01. The van der Waals surface area contributed by atoms with Gasteiger partial charge in [0.15, 0.2) is 0 Å². The fraction of sp³-hybridized carbons (Fsp3) is 0.750. The minimum atomic E-state index is 0.0412. The average Bonchev–Trinajstić information content (AvgIpc) is 2.92. The summed E-state index contributed by atoms with van der Waals surface area (Å²) in [6, 6.07) is 0.325. The lowest BCUT2D eigenvalue weighted by atomic mass is 10.1. The van der Waals surface area contributed by atoms with Gasteiger partial charge < -0.3 is 9.64 Å². The Hall–Kier alpha value is -1.63. The summed E-state index contributed by atoms with van der Waals surface area (Å²) in [4.78, 5) is 14.9. The van der Waals surface area contributed by atoms with Crippen LogP contribution in [0.3, 0.4) is 0 Å². The van der Waals surface area contributed by atoms with Gasteiger partial charge in [-0.05, 0) is 25.7 Å². The Bertz CT molecular complexity index is 419. The van der Waals surface area contributed by atoms with Gasteiger partial charge in [-0.25, -0.2) is 5.84 Å². The van der Waals surface area contributed by atoms with Crippen molar-refractivity contribution in [3.05, 3.63) is 0 Å². The Kier molecular flexibility index (Phi) is 4.36. The van der Waals surface area contributed by atoms with Crippen LogP contribution in [0.15, 0.2) is 0 Å². The Labute approximate surface area is 113 Å². The van der Waals surface area contributed by atoms with E-state index in [1.54, 1.807) is 0 Å². The molecule has 0 bridgehead atoms. The number of aromatic nitrogens is 3. The van der Waals surface area contributed by atoms with E-state index < -0.39 is 0 Å². The van der Waals surface area contributed by atoms with Crippen LogP contribution in [0, 0.1) is 5.92 Å². The number of hydrazine groups is 1. The molecule has 106 valence electrons. The number of ether oxygens (including phenoxy) is 1. The second-order valence-corrected chi connectivity index (χ2v) is 5.15. The number of anilines is 2. The van der Waals surface area contributed by atoms with Crippen LogP contribution >= 0.6 is 0 Å². The SMILES string of the molecule is CC(C)C(C)Oc1nc(NN)nc(N2CCCC2)n1. The van der Waals surface area contributed by atoms with Crippen LogP contribution in [0.2, 0.25) is 0 Å². The summed E-state index contributed by atoms with van der Waals surface area (Å²) in [5.74, 6) is 6.76. The summed E-state index contributed by atoms with van der Waals surface area (Å²) in [7, 11) is 0. The Balaban J connectivity index is 2.20. The largest absolute Gasteiger partial charge is 0.460 e. The second-order valence-electron chi connectivity index (χ2n) is 5.15. The Morgan fingerprint density at radius 3 is 2.42 bits per heavy atom. The molecule has 2 rings (SSSR count). The lowest BCUT2D eigenvalue weighted by Crippen LogP contribution is -2.25. The van der Waals surface area contributed by atoms with Gasteiger partial charge in [-0.2, -0.15) is 15.0 Å². The third-order valence-electron chi connectivity index (χ3n) is 3.35. The first kappa shape index (κ1) is 13.8.